The zero-order valence-corrected chi connectivity index (χ0v) is 8.16. The van der Waals surface area contributed by atoms with E-state index in [2.05, 4.69) is 20.2 Å². The highest BCUT2D eigenvalue weighted by atomic mass is 16.1. The van der Waals surface area contributed by atoms with Crippen LogP contribution in [0.25, 0.3) is 22.3 Å². The molecule has 0 fully saturated rings. The second kappa shape index (κ2) is 3.30. The topological polar surface area (TPSA) is 68.6 Å². The predicted octanol–water partition coefficient (Wildman–Crippen LogP) is 0.885. The van der Waals surface area contributed by atoms with Crippen LogP contribution in [0.15, 0.2) is 41.5 Å². The number of hydrogen-bond acceptors (Lipinski definition) is 5. The Balaban J connectivity index is 2.59. The highest BCUT2D eigenvalue weighted by molar-refractivity contribution is 5.90. The number of aromatic nitrogens is 4. The van der Waals surface area contributed by atoms with Gasteiger partial charge in [-0.25, -0.2) is 4.98 Å². The van der Waals surface area contributed by atoms with Crippen LogP contribution in [0, 0.1) is 0 Å². The lowest BCUT2D eigenvalue weighted by atomic mass is 10.2. The van der Waals surface area contributed by atoms with Gasteiger partial charge in [0.2, 0.25) is 0 Å². The fourth-order valence-corrected chi connectivity index (χ4v) is 1.58. The maximum Gasteiger partial charge on any atom is 0.270 e. The Labute approximate surface area is 90.2 Å². The molecule has 0 saturated heterocycles. The molecule has 0 unspecified atom stereocenters. The molecule has 0 N–H and O–H groups in total. The molecule has 0 atom stereocenters. The van der Waals surface area contributed by atoms with E-state index in [9.17, 15) is 4.79 Å². The first-order chi connectivity index (χ1) is 7.84. The van der Waals surface area contributed by atoms with Crippen molar-refractivity contribution in [1.82, 2.24) is 20.2 Å². The summed E-state index contributed by atoms with van der Waals surface area (Å²) in [7, 11) is 0. The average Bonchev–Trinajstić information content (AvgIpc) is 2.48. The minimum absolute atomic E-state index is 0.286. The Hall–Kier alpha value is -2.43. The van der Waals surface area contributed by atoms with Crippen LogP contribution in [-0.2, 0) is 0 Å². The first-order valence-electron chi connectivity index (χ1n) is 4.72. The van der Waals surface area contributed by atoms with Gasteiger partial charge in [0.15, 0.2) is 0 Å². The van der Waals surface area contributed by atoms with E-state index in [1.54, 1.807) is 24.5 Å². The van der Waals surface area contributed by atoms with Crippen LogP contribution < -0.4 is 5.56 Å². The molecule has 0 saturated carbocycles. The lowest BCUT2D eigenvalue weighted by Gasteiger charge is -1.98. The summed E-state index contributed by atoms with van der Waals surface area (Å²) >= 11 is 0. The summed E-state index contributed by atoms with van der Waals surface area (Å²) < 4.78 is 0. The van der Waals surface area contributed by atoms with Crippen molar-refractivity contribution in [2.24, 2.45) is 0 Å². The van der Waals surface area contributed by atoms with Gasteiger partial charge in [-0.05, 0) is 18.2 Å². The molecule has 0 amide bonds. The number of rotatable bonds is 0. The Morgan fingerprint density at radius 3 is 3.00 bits per heavy atom. The molecule has 3 heterocycles. The molecule has 1 aromatic rings. The number of nitrogens with zero attached hydrogens (tertiary/aromatic N) is 4. The minimum Gasteiger partial charge on any atom is -0.267 e. The molecule has 16 heavy (non-hydrogen) atoms. The van der Waals surface area contributed by atoms with E-state index in [0.29, 0.717) is 16.9 Å². The Kier molecular flexibility index (Phi) is 1.83. The molecule has 76 valence electrons. The average molecular weight is 210 g/mol. The van der Waals surface area contributed by atoms with Crippen molar-refractivity contribution in [3.05, 3.63) is 47.0 Å². The maximum atomic E-state index is 11.2. The lowest BCUT2D eigenvalue weighted by molar-refractivity contribution is 1.05. The summed E-state index contributed by atoms with van der Waals surface area (Å²) in [5, 5.41) is 8.63. The number of hydrogen-bond donors (Lipinski definition) is 0. The summed E-state index contributed by atoms with van der Waals surface area (Å²) in [6.07, 6.45) is 3.22. The van der Waals surface area contributed by atoms with Crippen molar-refractivity contribution in [2.45, 2.75) is 0 Å². The molecule has 0 bridgehead atoms. The fourth-order valence-electron chi connectivity index (χ4n) is 1.58. The van der Waals surface area contributed by atoms with E-state index in [4.69, 9.17) is 0 Å². The SMILES string of the molecule is O=c1ccc2nncc3ncccc3c-2n1. The number of fused-ring (bicyclic) bond motifs is 3. The molecule has 0 radical (unpaired) electrons. The van der Waals surface area contributed by atoms with Crippen LogP contribution in [0.3, 0.4) is 0 Å². The molecule has 0 aromatic carbocycles. The van der Waals surface area contributed by atoms with Crippen LogP contribution in [0.5, 0.6) is 0 Å². The smallest absolute Gasteiger partial charge is 0.267 e. The third-order valence-corrected chi connectivity index (χ3v) is 2.29. The van der Waals surface area contributed by atoms with Gasteiger partial charge in [-0.3, -0.25) is 9.78 Å². The second-order valence-corrected chi connectivity index (χ2v) is 3.30. The highest BCUT2D eigenvalue weighted by Crippen LogP contribution is 2.21. The summed E-state index contributed by atoms with van der Waals surface area (Å²) in [5.41, 5.74) is 1.50. The zero-order valence-electron chi connectivity index (χ0n) is 8.16. The Bertz CT molecular complexity index is 698. The molecule has 5 heteroatoms. The van der Waals surface area contributed by atoms with Gasteiger partial charge in [0.1, 0.15) is 11.4 Å². The van der Waals surface area contributed by atoms with Crippen LogP contribution >= 0.6 is 0 Å². The third-order valence-electron chi connectivity index (χ3n) is 2.29. The molecule has 2 aliphatic heterocycles. The molecule has 0 spiro atoms. The fraction of sp³-hybridized carbons (Fsp3) is 0. The van der Waals surface area contributed by atoms with Gasteiger partial charge in [0, 0.05) is 17.6 Å². The molecule has 1 aromatic heterocycles. The Morgan fingerprint density at radius 2 is 2.06 bits per heavy atom. The van der Waals surface area contributed by atoms with Crippen molar-refractivity contribution < 1.29 is 0 Å². The van der Waals surface area contributed by atoms with Gasteiger partial charge in [-0.2, -0.15) is 5.10 Å². The van der Waals surface area contributed by atoms with Crippen molar-refractivity contribution in [1.29, 1.82) is 0 Å². The summed E-state index contributed by atoms with van der Waals surface area (Å²) in [6, 6.07) is 6.63. The van der Waals surface area contributed by atoms with E-state index in [1.807, 2.05) is 6.07 Å². The second-order valence-electron chi connectivity index (χ2n) is 3.30. The van der Waals surface area contributed by atoms with Gasteiger partial charge < -0.3 is 0 Å². The van der Waals surface area contributed by atoms with E-state index >= 15 is 0 Å². The van der Waals surface area contributed by atoms with Crippen LogP contribution in [0.1, 0.15) is 0 Å². The van der Waals surface area contributed by atoms with Crippen molar-refractivity contribution in [3.8, 4) is 11.4 Å². The van der Waals surface area contributed by atoms with Crippen LogP contribution in [0.4, 0.5) is 0 Å². The van der Waals surface area contributed by atoms with Gasteiger partial charge in [-0.1, -0.05) is 0 Å². The van der Waals surface area contributed by atoms with E-state index in [1.165, 1.54) is 6.07 Å². The zero-order chi connectivity index (χ0) is 11.0. The summed E-state index contributed by atoms with van der Waals surface area (Å²) in [6.45, 7) is 0. The standard InChI is InChI=1S/C11H6N4O/c16-10-4-3-8-11(14-10)7-2-1-5-12-9(7)6-13-15-8/h1-6H. The lowest BCUT2D eigenvalue weighted by Crippen LogP contribution is -2.05. The van der Waals surface area contributed by atoms with Crippen LogP contribution in [-0.4, -0.2) is 20.2 Å². The third kappa shape index (κ3) is 1.30. The Morgan fingerprint density at radius 1 is 1.12 bits per heavy atom. The molecule has 2 aliphatic rings. The summed E-state index contributed by atoms with van der Waals surface area (Å²) in [4.78, 5) is 19.4. The number of pyridine rings is 2. The first-order valence-corrected chi connectivity index (χ1v) is 4.72. The quantitative estimate of drug-likeness (QED) is 0.551. The normalized spacial score (nSPS) is 10.8. The van der Waals surface area contributed by atoms with E-state index < -0.39 is 0 Å². The van der Waals surface area contributed by atoms with Gasteiger partial charge in [0.25, 0.3) is 5.56 Å². The molecular weight excluding hydrogens is 204 g/mol. The van der Waals surface area contributed by atoms with Gasteiger partial charge in [0.05, 0.1) is 11.7 Å². The molecule has 3 rings (SSSR count). The van der Waals surface area contributed by atoms with Crippen molar-refractivity contribution in [2.75, 3.05) is 0 Å². The van der Waals surface area contributed by atoms with Gasteiger partial charge >= 0.3 is 0 Å². The van der Waals surface area contributed by atoms with Gasteiger partial charge in [-0.15, -0.1) is 5.10 Å². The maximum absolute atomic E-state index is 11.2. The molecular formula is C11H6N4O. The van der Waals surface area contributed by atoms with E-state index in [-0.39, 0.29) is 5.56 Å². The predicted molar refractivity (Wildman–Crippen MR) is 58.0 cm³/mol. The largest absolute Gasteiger partial charge is 0.270 e. The molecule has 5 nitrogen and oxygen atoms in total. The van der Waals surface area contributed by atoms with Crippen molar-refractivity contribution >= 4 is 10.9 Å². The molecule has 0 aliphatic carbocycles. The minimum atomic E-state index is -0.286. The summed E-state index contributed by atoms with van der Waals surface area (Å²) in [5.74, 6) is 0. The monoisotopic (exact) mass is 210 g/mol. The highest BCUT2D eigenvalue weighted by Gasteiger charge is 2.08. The van der Waals surface area contributed by atoms with Crippen LogP contribution in [0.2, 0.25) is 0 Å². The van der Waals surface area contributed by atoms with E-state index in [0.717, 1.165) is 5.39 Å². The first kappa shape index (κ1) is 8.84. The van der Waals surface area contributed by atoms with Crippen molar-refractivity contribution in [3.63, 3.8) is 0 Å².